The molecule has 0 aliphatic carbocycles. The minimum atomic E-state index is -4.43. The number of halogens is 3. The minimum absolute atomic E-state index is 0.0823. The predicted molar refractivity (Wildman–Crippen MR) is 133 cm³/mol. The number of hydrogen-bond donors (Lipinski definition) is 0. The lowest BCUT2D eigenvalue weighted by Crippen LogP contribution is -2.54. The molecule has 7 nitrogen and oxygen atoms in total. The molecule has 2 atom stereocenters. The Balaban J connectivity index is 1.49. The highest BCUT2D eigenvalue weighted by atomic mass is 19.4. The van der Waals surface area contributed by atoms with Crippen molar-refractivity contribution in [2.45, 2.75) is 44.8 Å². The third kappa shape index (κ3) is 6.30. The molecule has 1 fully saturated rings. The molecule has 0 spiro atoms. The van der Waals surface area contributed by atoms with Crippen LogP contribution >= 0.6 is 0 Å². The van der Waals surface area contributed by atoms with Crippen LogP contribution in [-0.2, 0) is 16.1 Å². The lowest BCUT2D eigenvalue weighted by molar-refractivity contribution is -0.611. The first-order valence-corrected chi connectivity index (χ1v) is 12.4. The number of piperazine rings is 1. The molecule has 0 saturated carbocycles. The van der Waals surface area contributed by atoms with Gasteiger partial charge in [0.1, 0.15) is 13.3 Å². The zero-order chi connectivity index (χ0) is 26.6. The van der Waals surface area contributed by atoms with Crippen molar-refractivity contribution < 1.29 is 32.1 Å². The van der Waals surface area contributed by atoms with E-state index in [4.69, 9.17) is 4.74 Å². The van der Waals surface area contributed by atoms with Gasteiger partial charge in [0.15, 0.2) is 6.10 Å². The maximum atomic E-state index is 13.5. The van der Waals surface area contributed by atoms with E-state index in [-0.39, 0.29) is 24.9 Å². The Labute approximate surface area is 214 Å². The molecule has 4 rings (SSSR count). The zero-order valence-electron chi connectivity index (χ0n) is 21.0. The van der Waals surface area contributed by atoms with Gasteiger partial charge in [-0.25, -0.2) is 9.37 Å². The molecule has 198 valence electrons. The summed E-state index contributed by atoms with van der Waals surface area (Å²) in [4.78, 5) is 30.8. The first kappa shape index (κ1) is 26.7. The lowest BCUT2D eigenvalue weighted by atomic mass is 10.1. The Kier molecular flexibility index (Phi) is 8.16. The maximum absolute atomic E-state index is 13.5. The zero-order valence-corrected chi connectivity index (χ0v) is 21.0. The van der Waals surface area contributed by atoms with Crippen LogP contribution in [0.5, 0.6) is 0 Å². The van der Waals surface area contributed by atoms with Crippen LogP contribution in [-0.4, -0.2) is 78.0 Å². The standard InChI is InChI=1S/C27H32F3N4O3/c1-3-24(35)32-15-17-33(18-16-32)26(36)34(22-7-5-4-6-8-22)19-20-9-11-21(12-10-20)25-31(2)14-13-23(37-25)27(28,29)30/h4-12,14,23,25H,3,13,15-19H2,1-2H3/q+1. The Bertz CT molecular complexity index is 1110. The van der Waals surface area contributed by atoms with Crippen molar-refractivity contribution in [2.75, 3.05) is 38.1 Å². The fourth-order valence-electron chi connectivity index (χ4n) is 4.58. The summed E-state index contributed by atoms with van der Waals surface area (Å²) in [7, 11) is 1.69. The molecule has 2 aliphatic rings. The third-order valence-electron chi connectivity index (χ3n) is 6.75. The molecule has 37 heavy (non-hydrogen) atoms. The Hall–Kier alpha value is -3.40. The number of ether oxygens (including phenoxy) is 1. The van der Waals surface area contributed by atoms with Crippen LogP contribution in [0.15, 0.2) is 54.6 Å². The van der Waals surface area contributed by atoms with Crippen molar-refractivity contribution in [2.24, 2.45) is 0 Å². The second-order valence-electron chi connectivity index (χ2n) is 9.27. The number of carbonyl (C=O) groups excluding carboxylic acids is 2. The number of alkyl halides is 3. The lowest BCUT2D eigenvalue weighted by Gasteiger charge is -2.37. The molecule has 2 aromatic carbocycles. The molecular formula is C27H32F3N4O3+. The predicted octanol–water partition coefficient (Wildman–Crippen LogP) is 4.43. The van der Waals surface area contributed by atoms with E-state index in [0.29, 0.717) is 38.2 Å². The highest BCUT2D eigenvalue weighted by Crippen LogP contribution is 2.33. The molecule has 2 aromatic rings. The van der Waals surface area contributed by atoms with Gasteiger partial charge >= 0.3 is 12.2 Å². The largest absolute Gasteiger partial charge is 0.415 e. The van der Waals surface area contributed by atoms with Gasteiger partial charge < -0.3 is 14.5 Å². The Morgan fingerprint density at radius 3 is 2.22 bits per heavy atom. The molecule has 0 bridgehead atoms. The molecule has 1 saturated heterocycles. The van der Waals surface area contributed by atoms with Crippen LogP contribution < -0.4 is 4.90 Å². The fourth-order valence-corrected chi connectivity index (χ4v) is 4.58. The average molecular weight is 518 g/mol. The van der Waals surface area contributed by atoms with Crippen LogP contribution in [0.25, 0.3) is 0 Å². The molecule has 2 unspecified atom stereocenters. The highest BCUT2D eigenvalue weighted by Gasteiger charge is 2.46. The van der Waals surface area contributed by atoms with Gasteiger partial charge in [0, 0.05) is 43.9 Å². The first-order valence-electron chi connectivity index (χ1n) is 12.4. The summed E-state index contributed by atoms with van der Waals surface area (Å²) >= 11 is 0. The molecule has 2 aliphatic heterocycles. The number of amides is 3. The van der Waals surface area contributed by atoms with Crippen molar-refractivity contribution in [1.29, 1.82) is 0 Å². The monoisotopic (exact) mass is 517 g/mol. The summed E-state index contributed by atoms with van der Waals surface area (Å²) < 4.78 is 46.6. The molecular weight excluding hydrogens is 485 g/mol. The number of anilines is 1. The molecule has 0 N–H and O–H groups in total. The number of carbonyl (C=O) groups is 2. The second kappa shape index (κ2) is 11.3. The number of rotatable bonds is 5. The van der Waals surface area contributed by atoms with Crippen molar-refractivity contribution in [3.05, 3.63) is 65.7 Å². The van der Waals surface area contributed by atoms with E-state index in [1.165, 1.54) is 6.21 Å². The first-order chi connectivity index (χ1) is 17.7. The molecule has 0 aromatic heterocycles. The highest BCUT2D eigenvalue weighted by molar-refractivity contribution is 5.92. The molecule has 3 amide bonds. The van der Waals surface area contributed by atoms with Gasteiger partial charge in [-0.2, -0.15) is 13.2 Å². The van der Waals surface area contributed by atoms with Gasteiger partial charge in [-0.15, -0.1) is 0 Å². The number of hydrogen-bond acceptors (Lipinski definition) is 3. The SMILES string of the molecule is CCC(=O)N1CCN(C(=O)N(Cc2ccc(C3OC(C(F)(F)F)CC=[N+]3C)cc2)c2ccccc2)CC1. The summed E-state index contributed by atoms with van der Waals surface area (Å²) in [5.41, 5.74) is 2.17. The van der Waals surface area contributed by atoms with Crippen molar-refractivity contribution in [1.82, 2.24) is 9.80 Å². The van der Waals surface area contributed by atoms with Crippen LogP contribution in [0, 0.1) is 0 Å². The van der Waals surface area contributed by atoms with E-state index < -0.39 is 18.5 Å². The van der Waals surface area contributed by atoms with E-state index in [2.05, 4.69) is 0 Å². The molecule has 10 heteroatoms. The van der Waals surface area contributed by atoms with Crippen molar-refractivity contribution in [3.8, 4) is 0 Å². The quantitative estimate of drug-likeness (QED) is 0.552. The topological polar surface area (TPSA) is 56.1 Å². The minimum Gasteiger partial charge on any atom is -0.339 e. The Morgan fingerprint density at radius 2 is 1.62 bits per heavy atom. The molecule has 2 heterocycles. The maximum Gasteiger partial charge on any atom is 0.415 e. The van der Waals surface area contributed by atoms with E-state index in [1.54, 1.807) is 38.5 Å². The van der Waals surface area contributed by atoms with E-state index in [0.717, 1.165) is 11.3 Å². The van der Waals surface area contributed by atoms with Crippen LogP contribution in [0.3, 0.4) is 0 Å². The Morgan fingerprint density at radius 1 is 1.00 bits per heavy atom. The number of benzene rings is 2. The van der Waals surface area contributed by atoms with Gasteiger partial charge in [0.05, 0.1) is 13.0 Å². The summed E-state index contributed by atoms with van der Waals surface area (Å²) in [6.45, 7) is 4.02. The number of para-hydroxylation sites is 1. The summed E-state index contributed by atoms with van der Waals surface area (Å²) in [6, 6.07) is 16.3. The number of nitrogens with zero attached hydrogens (tertiary/aromatic N) is 4. The van der Waals surface area contributed by atoms with Gasteiger partial charge in [0.25, 0.3) is 6.23 Å². The molecule has 0 radical (unpaired) electrons. The van der Waals surface area contributed by atoms with Crippen molar-refractivity contribution in [3.63, 3.8) is 0 Å². The van der Waals surface area contributed by atoms with Gasteiger partial charge in [-0.1, -0.05) is 37.3 Å². The van der Waals surface area contributed by atoms with E-state index in [1.807, 2.05) is 49.4 Å². The fraction of sp³-hybridized carbons (Fsp3) is 0.444. The summed E-state index contributed by atoms with van der Waals surface area (Å²) in [5.74, 6) is 0.0823. The van der Waals surface area contributed by atoms with Gasteiger partial charge in [-0.3, -0.25) is 9.69 Å². The normalized spacial score (nSPS) is 20.4. The number of urea groups is 1. The van der Waals surface area contributed by atoms with Crippen LogP contribution in [0.1, 0.15) is 37.1 Å². The second-order valence-corrected chi connectivity index (χ2v) is 9.27. The third-order valence-corrected chi connectivity index (χ3v) is 6.75. The van der Waals surface area contributed by atoms with Crippen LogP contribution in [0.2, 0.25) is 0 Å². The van der Waals surface area contributed by atoms with E-state index >= 15 is 0 Å². The van der Waals surface area contributed by atoms with Gasteiger partial charge in [-0.05, 0) is 29.8 Å². The van der Waals surface area contributed by atoms with Crippen LogP contribution in [0.4, 0.5) is 23.7 Å². The summed E-state index contributed by atoms with van der Waals surface area (Å²) in [6.07, 6.45) is -5.39. The van der Waals surface area contributed by atoms with Gasteiger partial charge in [0.2, 0.25) is 5.91 Å². The smallest absolute Gasteiger partial charge is 0.339 e. The summed E-state index contributed by atoms with van der Waals surface area (Å²) in [5, 5.41) is 0. The van der Waals surface area contributed by atoms with E-state index in [9.17, 15) is 22.8 Å². The average Bonchev–Trinajstić information content (AvgIpc) is 2.91. The van der Waals surface area contributed by atoms with Crippen molar-refractivity contribution >= 4 is 23.8 Å².